The van der Waals surface area contributed by atoms with Crippen molar-refractivity contribution < 1.29 is 9.19 Å². The fourth-order valence-corrected chi connectivity index (χ4v) is 0.385. The fraction of sp³-hybridized carbons (Fsp3) is 0.333. The molecule has 0 fully saturated rings. The van der Waals surface area contributed by atoms with Crippen LogP contribution in [0.1, 0.15) is 0 Å². The molecular weight excluding hydrogens is 141 g/mol. The number of hydrogen-bond acceptors (Lipinski definition) is 0. The second-order valence-corrected chi connectivity index (χ2v) is 3.00. The number of benzene rings is 1. The van der Waals surface area contributed by atoms with E-state index in [1.165, 1.54) is 21.1 Å². The summed E-state index contributed by atoms with van der Waals surface area (Å²) >= 11 is 0. The molecule has 1 nitrogen and oxygen atoms in total. The molecule has 0 amide bonds. The Morgan fingerprint density at radius 2 is 0.818 bits per heavy atom. The Kier molecular flexibility index (Phi) is 4.46. The molecule has 0 aliphatic rings. The SMILES string of the molecule is C[N+](C)(C)F.c1ccccc1. The minimum Gasteiger partial charge on any atom is -0.137 e. The van der Waals surface area contributed by atoms with E-state index >= 15 is 0 Å². The van der Waals surface area contributed by atoms with Gasteiger partial charge in [-0.15, -0.1) is 4.71 Å². The summed E-state index contributed by atoms with van der Waals surface area (Å²) in [7, 11) is 4.38. The first-order valence-electron chi connectivity index (χ1n) is 3.51. The Balaban J connectivity index is 0.000000187. The monoisotopic (exact) mass is 156 g/mol. The molecule has 0 saturated heterocycles. The van der Waals surface area contributed by atoms with Crippen LogP contribution in [-0.4, -0.2) is 25.8 Å². The standard InChI is InChI=1S/C6H6.C3H9FN/c1-2-4-6-5-3-1;1-5(2,3)4/h1-6H;1-3H3/q;+1. The lowest BCUT2D eigenvalue weighted by molar-refractivity contribution is -1.01. The topological polar surface area (TPSA) is 0 Å². The lowest BCUT2D eigenvalue weighted by Crippen LogP contribution is -2.21. The molecule has 0 radical (unpaired) electrons. The largest absolute Gasteiger partial charge is 0.137 e. The molecule has 0 bridgehead atoms. The molecular formula is C9H15FN+. The molecule has 1 aromatic rings. The van der Waals surface area contributed by atoms with E-state index in [2.05, 4.69) is 0 Å². The number of rotatable bonds is 0. The zero-order chi connectivity index (χ0) is 8.74. The highest BCUT2D eigenvalue weighted by atomic mass is 19.2. The molecule has 0 spiro atoms. The van der Waals surface area contributed by atoms with Crippen molar-refractivity contribution in [2.45, 2.75) is 0 Å². The van der Waals surface area contributed by atoms with Gasteiger partial charge in [0.1, 0.15) is 21.1 Å². The average Bonchev–Trinajstić information content (AvgIpc) is 1.88. The first-order chi connectivity index (χ1) is 5.00. The third-order valence-electron chi connectivity index (χ3n) is 0.667. The predicted octanol–water partition coefficient (Wildman–Crippen LogP) is 2.26. The van der Waals surface area contributed by atoms with Crippen LogP contribution in [0.25, 0.3) is 0 Å². The molecule has 0 aliphatic carbocycles. The summed E-state index contributed by atoms with van der Waals surface area (Å²) in [5.74, 6) is 0. The van der Waals surface area contributed by atoms with Gasteiger partial charge in [-0.2, -0.15) is 0 Å². The van der Waals surface area contributed by atoms with Gasteiger partial charge >= 0.3 is 0 Å². The quantitative estimate of drug-likeness (QED) is 0.505. The van der Waals surface area contributed by atoms with Crippen molar-refractivity contribution in [3.8, 4) is 0 Å². The Hall–Kier alpha value is -0.890. The maximum atomic E-state index is 11.6. The van der Waals surface area contributed by atoms with Gasteiger partial charge in [0.15, 0.2) is 0 Å². The summed E-state index contributed by atoms with van der Waals surface area (Å²) in [6.07, 6.45) is 0. The third-order valence-corrected chi connectivity index (χ3v) is 0.667. The van der Waals surface area contributed by atoms with E-state index in [4.69, 9.17) is 0 Å². The van der Waals surface area contributed by atoms with Gasteiger partial charge in [-0.05, 0) is 4.48 Å². The van der Waals surface area contributed by atoms with Gasteiger partial charge in [-0.25, -0.2) is 0 Å². The first-order valence-corrected chi connectivity index (χ1v) is 3.51. The summed E-state index contributed by atoms with van der Waals surface area (Å²) in [5.41, 5.74) is 0. The van der Waals surface area contributed by atoms with Gasteiger partial charge in [-0.1, -0.05) is 36.4 Å². The van der Waals surface area contributed by atoms with E-state index in [-0.39, 0.29) is 0 Å². The normalized spacial score (nSPS) is 9.82. The molecule has 0 heterocycles. The summed E-state index contributed by atoms with van der Waals surface area (Å²) in [4.78, 5) is 0. The van der Waals surface area contributed by atoms with Crippen LogP contribution in [0.2, 0.25) is 0 Å². The van der Waals surface area contributed by atoms with Crippen LogP contribution in [-0.2, 0) is 0 Å². The van der Waals surface area contributed by atoms with Gasteiger partial charge in [0.05, 0.1) is 0 Å². The van der Waals surface area contributed by atoms with Crippen molar-refractivity contribution in [2.24, 2.45) is 0 Å². The highest BCUT2D eigenvalue weighted by Crippen LogP contribution is 1.84. The van der Waals surface area contributed by atoms with Crippen molar-refractivity contribution in [1.29, 1.82) is 0 Å². The van der Waals surface area contributed by atoms with E-state index in [9.17, 15) is 4.48 Å². The Morgan fingerprint density at radius 1 is 0.727 bits per heavy atom. The second-order valence-electron chi connectivity index (χ2n) is 3.00. The summed E-state index contributed by atoms with van der Waals surface area (Å²) in [6.45, 7) is 0. The molecule has 0 aliphatic heterocycles. The van der Waals surface area contributed by atoms with Crippen LogP contribution < -0.4 is 0 Å². The van der Waals surface area contributed by atoms with E-state index < -0.39 is 4.71 Å². The van der Waals surface area contributed by atoms with E-state index in [1.54, 1.807) is 0 Å². The molecule has 0 saturated carbocycles. The molecule has 1 aromatic carbocycles. The van der Waals surface area contributed by atoms with Gasteiger partial charge in [0.25, 0.3) is 0 Å². The molecule has 0 aromatic heterocycles. The molecule has 2 heteroatoms. The molecule has 62 valence electrons. The summed E-state index contributed by atoms with van der Waals surface area (Å²) in [6, 6.07) is 12.0. The van der Waals surface area contributed by atoms with E-state index in [0.717, 1.165) is 0 Å². The lowest BCUT2D eigenvalue weighted by atomic mass is 10.4. The van der Waals surface area contributed by atoms with Gasteiger partial charge in [0, 0.05) is 0 Å². The summed E-state index contributed by atoms with van der Waals surface area (Å²) < 4.78 is 11.1. The highest BCUT2D eigenvalue weighted by molar-refractivity contribution is 4.99. The second kappa shape index (κ2) is 4.85. The number of halogens is 1. The highest BCUT2D eigenvalue weighted by Gasteiger charge is 1.97. The van der Waals surface area contributed by atoms with Crippen LogP contribution in [0.5, 0.6) is 0 Å². The van der Waals surface area contributed by atoms with Crippen molar-refractivity contribution >= 4 is 0 Å². The molecule has 1 rings (SSSR count). The number of nitrogens with zero attached hydrogens (tertiary/aromatic N) is 1. The smallest absolute Gasteiger partial charge is 0.104 e. The Labute approximate surface area is 67.6 Å². The Morgan fingerprint density at radius 3 is 0.909 bits per heavy atom. The molecule has 0 unspecified atom stereocenters. The average molecular weight is 156 g/mol. The summed E-state index contributed by atoms with van der Waals surface area (Å²) in [5, 5.41) is 0. The maximum absolute atomic E-state index is 11.6. The van der Waals surface area contributed by atoms with Crippen LogP contribution in [0, 0.1) is 0 Å². The third kappa shape index (κ3) is 17.6. The van der Waals surface area contributed by atoms with Crippen molar-refractivity contribution in [3.05, 3.63) is 36.4 Å². The van der Waals surface area contributed by atoms with Crippen LogP contribution in [0.4, 0.5) is 4.48 Å². The van der Waals surface area contributed by atoms with E-state index in [0.29, 0.717) is 0 Å². The Bertz CT molecular complexity index is 134. The van der Waals surface area contributed by atoms with Crippen molar-refractivity contribution in [3.63, 3.8) is 0 Å². The molecule has 11 heavy (non-hydrogen) atoms. The molecule has 0 atom stereocenters. The van der Waals surface area contributed by atoms with Crippen molar-refractivity contribution in [2.75, 3.05) is 21.1 Å². The lowest BCUT2D eigenvalue weighted by Gasteiger charge is -2.03. The zero-order valence-electron chi connectivity index (χ0n) is 7.29. The van der Waals surface area contributed by atoms with Crippen LogP contribution in [0.15, 0.2) is 36.4 Å². The fourth-order valence-electron chi connectivity index (χ4n) is 0.385. The molecule has 0 N–H and O–H groups in total. The zero-order valence-corrected chi connectivity index (χ0v) is 7.29. The maximum Gasteiger partial charge on any atom is 0.104 e. The van der Waals surface area contributed by atoms with Crippen LogP contribution in [0.3, 0.4) is 0 Å². The predicted molar refractivity (Wildman–Crippen MR) is 45.6 cm³/mol. The number of quaternary nitrogens is 1. The minimum absolute atomic E-state index is 0.500. The van der Waals surface area contributed by atoms with Crippen molar-refractivity contribution in [1.82, 2.24) is 0 Å². The minimum atomic E-state index is -0.500. The van der Waals surface area contributed by atoms with Gasteiger partial charge < -0.3 is 0 Å². The van der Waals surface area contributed by atoms with Crippen LogP contribution >= 0.6 is 0 Å². The van der Waals surface area contributed by atoms with Gasteiger partial charge in [0.2, 0.25) is 0 Å². The van der Waals surface area contributed by atoms with Gasteiger partial charge in [-0.3, -0.25) is 0 Å². The first kappa shape index (κ1) is 10.1. The number of hydrogen-bond donors (Lipinski definition) is 0. The van der Waals surface area contributed by atoms with E-state index in [1.807, 2.05) is 36.4 Å².